The summed E-state index contributed by atoms with van der Waals surface area (Å²) in [6.45, 7) is 1.28. The molecule has 0 amide bonds. The average molecular weight is 375 g/mol. The summed E-state index contributed by atoms with van der Waals surface area (Å²) in [7, 11) is 5.04. The van der Waals surface area contributed by atoms with Crippen molar-refractivity contribution in [1.82, 2.24) is 4.90 Å². The fraction of sp³-hybridized carbons (Fsp3) is 0.381. The van der Waals surface area contributed by atoms with Crippen molar-refractivity contribution in [3.05, 3.63) is 46.7 Å². The van der Waals surface area contributed by atoms with Crippen molar-refractivity contribution in [2.45, 2.75) is 5.92 Å². The molecule has 1 heterocycles. The largest absolute Gasteiger partial charge is 0.493 e. The molecule has 1 aliphatic carbocycles. The summed E-state index contributed by atoms with van der Waals surface area (Å²) in [5, 5.41) is 29.8. The molecule has 3 rings (SSSR count). The number of ether oxygens (including phenoxy) is 2. The first kappa shape index (κ1) is 19.3. The predicted octanol–water partition coefficient (Wildman–Crippen LogP) is 2.06. The summed E-state index contributed by atoms with van der Waals surface area (Å²) < 4.78 is 10.7. The van der Waals surface area contributed by atoms with Gasteiger partial charge in [-0.1, -0.05) is 12.1 Å². The highest BCUT2D eigenvalue weighted by atomic mass is 16.5. The number of likely N-dealkylation sites (N-methyl/N-ethyl adjacent to an activating group) is 1. The quantitative estimate of drug-likeness (QED) is 0.858. The SMILES string of the molecule is COc1ccc([C@@H]2[C@@H]3CN(C)CC=C3C(C#N)=C(N)C2(C#N)C#N)cc1OC. The number of rotatable bonds is 3. The third kappa shape index (κ3) is 2.67. The minimum Gasteiger partial charge on any atom is -0.493 e. The molecule has 7 heteroatoms. The van der Waals surface area contributed by atoms with E-state index >= 15 is 0 Å². The molecule has 1 aromatic carbocycles. The normalized spacial score (nSPS) is 23.5. The Hall–Kier alpha value is -3.47. The number of benzene rings is 1. The van der Waals surface area contributed by atoms with Gasteiger partial charge in [0.15, 0.2) is 16.9 Å². The Balaban J connectivity index is 2.32. The zero-order chi connectivity index (χ0) is 20.5. The lowest BCUT2D eigenvalue weighted by Crippen LogP contribution is -2.47. The van der Waals surface area contributed by atoms with Crippen LogP contribution in [-0.4, -0.2) is 39.3 Å². The van der Waals surface area contributed by atoms with E-state index in [1.54, 1.807) is 19.2 Å². The number of methoxy groups -OCH3 is 2. The summed E-state index contributed by atoms with van der Waals surface area (Å²) in [6.07, 6.45) is 1.96. The number of nitrogens with zero attached hydrogens (tertiary/aromatic N) is 4. The van der Waals surface area contributed by atoms with Gasteiger partial charge in [0.25, 0.3) is 0 Å². The van der Waals surface area contributed by atoms with Crippen molar-refractivity contribution < 1.29 is 9.47 Å². The third-order valence-corrected chi connectivity index (χ3v) is 5.61. The van der Waals surface area contributed by atoms with Gasteiger partial charge in [0.05, 0.1) is 37.6 Å². The van der Waals surface area contributed by atoms with Crippen LogP contribution in [0, 0.1) is 45.3 Å². The molecule has 7 nitrogen and oxygen atoms in total. The Bertz CT molecular complexity index is 976. The summed E-state index contributed by atoms with van der Waals surface area (Å²) in [5.74, 6) is 0.291. The summed E-state index contributed by atoms with van der Waals surface area (Å²) in [6, 6.07) is 11.7. The summed E-state index contributed by atoms with van der Waals surface area (Å²) >= 11 is 0. The van der Waals surface area contributed by atoms with Crippen molar-refractivity contribution in [3.8, 4) is 29.7 Å². The summed E-state index contributed by atoms with van der Waals surface area (Å²) in [5.41, 5.74) is 6.45. The highest BCUT2D eigenvalue weighted by Gasteiger charge is 2.54. The Kier molecular flexibility index (Phi) is 5.01. The minimum atomic E-state index is -1.65. The predicted molar refractivity (Wildman–Crippen MR) is 102 cm³/mol. The average Bonchev–Trinajstić information content (AvgIpc) is 2.72. The fourth-order valence-electron chi connectivity index (χ4n) is 4.25. The van der Waals surface area contributed by atoms with Gasteiger partial charge in [0.1, 0.15) is 6.07 Å². The lowest BCUT2D eigenvalue weighted by Gasteiger charge is -2.45. The lowest BCUT2D eigenvalue weighted by atomic mass is 9.58. The molecule has 0 fully saturated rings. The van der Waals surface area contributed by atoms with Gasteiger partial charge in [-0.05, 0) is 30.3 Å². The van der Waals surface area contributed by atoms with E-state index in [9.17, 15) is 15.8 Å². The van der Waals surface area contributed by atoms with Crippen LogP contribution in [0.15, 0.2) is 41.1 Å². The Morgan fingerprint density at radius 1 is 1.14 bits per heavy atom. The molecular formula is C21H21N5O2. The first-order chi connectivity index (χ1) is 13.5. The molecule has 28 heavy (non-hydrogen) atoms. The number of nitrogens with two attached hydrogens (primary N) is 1. The molecule has 0 saturated heterocycles. The second kappa shape index (κ2) is 7.27. The molecule has 2 N–H and O–H groups in total. The van der Waals surface area contributed by atoms with Gasteiger partial charge < -0.3 is 20.1 Å². The van der Waals surface area contributed by atoms with Gasteiger partial charge in [-0.2, -0.15) is 15.8 Å². The smallest absolute Gasteiger partial charge is 0.191 e. The van der Waals surface area contributed by atoms with Gasteiger partial charge in [-0.3, -0.25) is 0 Å². The van der Waals surface area contributed by atoms with Crippen molar-refractivity contribution in [1.29, 1.82) is 15.8 Å². The number of allylic oxidation sites excluding steroid dienone is 2. The van der Waals surface area contributed by atoms with Crippen LogP contribution in [0.2, 0.25) is 0 Å². The molecule has 1 aromatic rings. The van der Waals surface area contributed by atoms with Crippen LogP contribution in [0.3, 0.4) is 0 Å². The molecule has 0 radical (unpaired) electrons. The molecule has 0 unspecified atom stereocenters. The topological polar surface area (TPSA) is 119 Å². The Morgan fingerprint density at radius 3 is 2.39 bits per heavy atom. The van der Waals surface area contributed by atoms with Crippen LogP contribution in [-0.2, 0) is 0 Å². The van der Waals surface area contributed by atoms with E-state index in [1.807, 2.05) is 19.2 Å². The fourth-order valence-corrected chi connectivity index (χ4v) is 4.25. The molecule has 0 bridgehead atoms. The van der Waals surface area contributed by atoms with Crippen LogP contribution in [0.4, 0.5) is 0 Å². The van der Waals surface area contributed by atoms with E-state index in [2.05, 4.69) is 23.1 Å². The van der Waals surface area contributed by atoms with E-state index in [4.69, 9.17) is 15.2 Å². The first-order valence-corrected chi connectivity index (χ1v) is 8.81. The van der Waals surface area contributed by atoms with Gasteiger partial charge in [0, 0.05) is 24.9 Å². The minimum absolute atomic E-state index is 0.0202. The molecule has 0 spiro atoms. The second-order valence-corrected chi connectivity index (χ2v) is 7.01. The monoisotopic (exact) mass is 375 g/mol. The van der Waals surface area contributed by atoms with E-state index in [0.29, 0.717) is 24.6 Å². The van der Waals surface area contributed by atoms with Gasteiger partial charge in [-0.15, -0.1) is 0 Å². The molecule has 2 atom stereocenters. The standard InChI is InChI=1S/C21H21N5O2/c1-26-7-6-14-15(9-22)20(25)21(11-23,12-24)19(16(14)10-26)13-4-5-17(27-2)18(8-13)28-3/h4-6,8,16,19H,7,10,25H2,1-3H3/t16-,19-/m1/s1. The van der Waals surface area contributed by atoms with Crippen LogP contribution >= 0.6 is 0 Å². The second-order valence-electron chi connectivity index (χ2n) is 7.01. The van der Waals surface area contributed by atoms with E-state index in [0.717, 1.165) is 11.1 Å². The maximum Gasteiger partial charge on any atom is 0.191 e. The van der Waals surface area contributed by atoms with Crippen molar-refractivity contribution >= 4 is 0 Å². The molecule has 142 valence electrons. The van der Waals surface area contributed by atoms with E-state index in [-0.39, 0.29) is 17.2 Å². The maximum atomic E-state index is 10.1. The van der Waals surface area contributed by atoms with Crippen LogP contribution < -0.4 is 15.2 Å². The lowest BCUT2D eigenvalue weighted by molar-refractivity contribution is 0.237. The van der Waals surface area contributed by atoms with Gasteiger partial charge >= 0.3 is 0 Å². The first-order valence-electron chi connectivity index (χ1n) is 8.81. The Morgan fingerprint density at radius 2 is 1.82 bits per heavy atom. The number of hydrogen-bond donors (Lipinski definition) is 1. The third-order valence-electron chi connectivity index (χ3n) is 5.61. The highest BCUT2D eigenvalue weighted by Crippen LogP contribution is 2.54. The zero-order valence-corrected chi connectivity index (χ0v) is 16.1. The van der Waals surface area contributed by atoms with Crippen LogP contribution in [0.5, 0.6) is 11.5 Å². The van der Waals surface area contributed by atoms with E-state index in [1.165, 1.54) is 7.11 Å². The maximum absolute atomic E-state index is 10.1. The van der Waals surface area contributed by atoms with E-state index < -0.39 is 11.3 Å². The van der Waals surface area contributed by atoms with Gasteiger partial charge in [0.2, 0.25) is 0 Å². The number of nitriles is 3. The van der Waals surface area contributed by atoms with Gasteiger partial charge in [-0.25, -0.2) is 0 Å². The molecule has 1 aliphatic heterocycles. The Labute approximate surface area is 164 Å². The van der Waals surface area contributed by atoms with Crippen LogP contribution in [0.1, 0.15) is 11.5 Å². The molecule has 0 aromatic heterocycles. The van der Waals surface area contributed by atoms with Crippen molar-refractivity contribution in [3.63, 3.8) is 0 Å². The number of hydrogen-bond acceptors (Lipinski definition) is 7. The van der Waals surface area contributed by atoms with Crippen molar-refractivity contribution in [2.24, 2.45) is 17.1 Å². The zero-order valence-electron chi connectivity index (χ0n) is 16.1. The highest BCUT2D eigenvalue weighted by molar-refractivity contribution is 5.60. The molecule has 2 aliphatic rings. The van der Waals surface area contributed by atoms with Crippen LogP contribution in [0.25, 0.3) is 0 Å². The van der Waals surface area contributed by atoms with Crippen molar-refractivity contribution in [2.75, 3.05) is 34.4 Å². The molecular weight excluding hydrogens is 354 g/mol. The number of fused-ring (bicyclic) bond motifs is 1. The summed E-state index contributed by atoms with van der Waals surface area (Å²) in [4.78, 5) is 2.10. The molecule has 0 saturated carbocycles.